The molecule has 0 heterocycles. The Morgan fingerprint density at radius 1 is 1.06 bits per heavy atom. The highest BCUT2D eigenvalue weighted by Gasteiger charge is 2.59. The highest BCUT2D eigenvalue weighted by atomic mass is 16.7. The fraction of sp³-hybridized carbons (Fsp3) is 0.900. The summed E-state index contributed by atoms with van der Waals surface area (Å²) in [5.74, 6) is 5.19. The molecule has 4 aliphatic carbocycles. The molecule has 188 valence electrons. The largest absolute Gasteiger partial charge is 0.508 e. The van der Waals surface area contributed by atoms with Crippen molar-refractivity contribution in [3.63, 3.8) is 0 Å². The number of carbonyl (C=O) groups excluding carboxylic acids is 1. The van der Waals surface area contributed by atoms with Crippen LogP contribution in [0.25, 0.3) is 0 Å². The van der Waals surface area contributed by atoms with Gasteiger partial charge in [0.05, 0.1) is 6.61 Å². The van der Waals surface area contributed by atoms with Gasteiger partial charge in [-0.3, -0.25) is 0 Å². The molecule has 0 bridgehead atoms. The van der Waals surface area contributed by atoms with Crippen LogP contribution in [0.2, 0.25) is 0 Å². The summed E-state index contributed by atoms with van der Waals surface area (Å²) in [7, 11) is 0. The molecular weight excluding hydrogens is 408 g/mol. The summed E-state index contributed by atoms with van der Waals surface area (Å²) < 4.78 is 10.7. The van der Waals surface area contributed by atoms with Crippen LogP contribution >= 0.6 is 0 Å². The summed E-state index contributed by atoms with van der Waals surface area (Å²) in [5.41, 5.74) is 2.42. The van der Waals surface area contributed by atoms with Crippen molar-refractivity contribution in [2.45, 2.75) is 118 Å². The van der Waals surface area contributed by atoms with Gasteiger partial charge < -0.3 is 9.47 Å². The van der Waals surface area contributed by atoms with Gasteiger partial charge in [0.1, 0.15) is 6.10 Å². The van der Waals surface area contributed by atoms with Gasteiger partial charge in [-0.05, 0) is 98.2 Å². The Balaban J connectivity index is 1.43. The molecule has 4 rings (SSSR count). The molecule has 8 atom stereocenters. The molecule has 4 aliphatic rings. The van der Waals surface area contributed by atoms with Crippen molar-refractivity contribution in [1.29, 1.82) is 0 Å². The molecule has 0 N–H and O–H groups in total. The second-order valence-corrected chi connectivity index (χ2v) is 13.0. The van der Waals surface area contributed by atoms with E-state index in [0.29, 0.717) is 17.4 Å². The standard InChI is InChI=1S/C30H50O3/c1-7-32-28(31)33-23-15-17-29(5)22(19-23)11-12-24-26-14-13-25(21(4)10-8-9-20(2)3)30(26,6)18-16-27(24)29/h11,20-21,23-27H,7-10,12-19H2,1-6H3/t21-,23?,24+,25-,26+,27-,29+,30-/m1/s1. The van der Waals surface area contributed by atoms with Crippen LogP contribution in [-0.2, 0) is 9.47 Å². The van der Waals surface area contributed by atoms with E-state index in [-0.39, 0.29) is 6.10 Å². The Labute approximate surface area is 203 Å². The minimum absolute atomic E-state index is 0.00340. The Kier molecular flexibility index (Phi) is 7.56. The highest BCUT2D eigenvalue weighted by molar-refractivity contribution is 5.60. The molecule has 0 radical (unpaired) electrons. The molecule has 0 aliphatic heterocycles. The molecule has 0 amide bonds. The third-order valence-electron chi connectivity index (χ3n) is 10.8. The van der Waals surface area contributed by atoms with Gasteiger partial charge in [-0.25, -0.2) is 4.79 Å². The van der Waals surface area contributed by atoms with Gasteiger partial charge >= 0.3 is 6.16 Å². The molecule has 0 saturated heterocycles. The summed E-state index contributed by atoms with van der Waals surface area (Å²) in [5, 5.41) is 0. The number of hydrogen-bond donors (Lipinski definition) is 0. The van der Waals surface area contributed by atoms with E-state index in [4.69, 9.17) is 9.47 Å². The van der Waals surface area contributed by atoms with Crippen LogP contribution < -0.4 is 0 Å². The van der Waals surface area contributed by atoms with Gasteiger partial charge in [0.15, 0.2) is 0 Å². The van der Waals surface area contributed by atoms with E-state index in [9.17, 15) is 4.79 Å². The lowest BCUT2D eigenvalue weighted by Gasteiger charge is -2.58. The first-order valence-corrected chi connectivity index (χ1v) is 14.2. The molecule has 1 unspecified atom stereocenters. The molecular formula is C30H50O3. The Morgan fingerprint density at radius 2 is 1.85 bits per heavy atom. The summed E-state index contributed by atoms with van der Waals surface area (Å²) in [6.07, 6.45) is 16.3. The first-order chi connectivity index (χ1) is 15.7. The van der Waals surface area contributed by atoms with E-state index >= 15 is 0 Å². The predicted molar refractivity (Wildman–Crippen MR) is 135 cm³/mol. The average molecular weight is 459 g/mol. The van der Waals surface area contributed by atoms with Gasteiger partial charge in [0, 0.05) is 6.42 Å². The Hall–Kier alpha value is -0.990. The van der Waals surface area contributed by atoms with Gasteiger partial charge in [0.25, 0.3) is 0 Å². The fourth-order valence-electron chi connectivity index (χ4n) is 9.04. The zero-order chi connectivity index (χ0) is 23.8. The molecule has 0 aromatic rings. The lowest BCUT2D eigenvalue weighted by molar-refractivity contribution is -0.0615. The SMILES string of the molecule is CCOC(=O)OC1CC[C@@]2(C)C(=CC[C@@H]3[C@H]2CC[C@]2(C)[C@@H]([C@H](C)CCCC(C)C)CC[C@@H]32)C1. The van der Waals surface area contributed by atoms with Crippen LogP contribution in [0.4, 0.5) is 4.79 Å². The maximum atomic E-state index is 11.9. The summed E-state index contributed by atoms with van der Waals surface area (Å²) in [4.78, 5) is 11.9. The second-order valence-electron chi connectivity index (χ2n) is 13.0. The zero-order valence-corrected chi connectivity index (χ0v) is 22.3. The molecule has 33 heavy (non-hydrogen) atoms. The fourth-order valence-corrected chi connectivity index (χ4v) is 9.04. The lowest BCUT2D eigenvalue weighted by atomic mass is 9.47. The minimum atomic E-state index is -0.492. The summed E-state index contributed by atoms with van der Waals surface area (Å²) >= 11 is 0. The third kappa shape index (κ3) is 4.76. The van der Waals surface area contributed by atoms with E-state index in [2.05, 4.69) is 40.7 Å². The van der Waals surface area contributed by atoms with E-state index in [1.807, 2.05) is 6.92 Å². The van der Waals surface area contributed by atoms with Crippen molar-refractivity contribution in [3.8, 4) is 0 Å². The Morgan fingerprint density at radius 3 is 2.58 bits per heavy atom. The number of hydrogen-bond acceptors (Lipinski definition) is 3. The van der Waals surface area contributed by atoms with E-state index in [1.54, 1.807) is 5.57 Å². The molecule has 3 nitrogen and oxygen atoms in total. The van der Waals surface area contributed by atoms with Gasteiger partial charge in [-0.2, -0.15) is 0 Å². The van der Waals surface area contributed by atoms with Crippen molar-refractivity contribution in [1.82, 2.24) is 0 Å². The van der Waals surface area contributed by atoms with Crippen molar-refractivity contribution in [2.75, 3.05) is 6.61 Å². The molecule has 3 saturated carbocycles. The van der Waals surface area contributed by atoms with Gasteiger partial charge in [-0.1, -0.05) is 65.5 Å². The molecule has 0 spiro atoms. The third-order valence-corrected chi connectivity index (χ3v) is 10.8. The molecule has 3 heteroatoms. The smallest absolute Gasteiger partial charge is 0.435 e. The van der Waals surface area contributed by atoms with Crippen molar-refractivity contribution < 1.29 is 14.3 Å². The highest BCUT2D eigenvalue weighted by Crippen LogP contribution is 2.67. The quantitative estimate of drug-likeness (QED) is 0.283. The first-order valence-electron chi connectivity index (χ1n) is 14.2. The summed E-state index contributed by atoms with van der Waals surface area (Å²) in [6.45, 7) is 14.7. The van der Waals surface area contributed by atoms with Crippen LogP contribution in [-0.4, -0.2) is 18.9 Å². The Bertz CT molecular complexity index is 726. The van der Waals surface area contributed by atoms with Crippen LogP contribution in [0, 0.1) is 46.3 Å². The van der Waals surface area contributed by atoms with Gasteiger partial charge in [-0.15, -0.1) is 0 Å². The lowest BCUT2D eigenvalue weighted by Crippen LogP contribution is -2.51. The first kappa shape index (κ1) is 25.1. The number of ether oxygens (including phenoxy) is 2. The maximum absolute atomic E-state index is 11.9. The van der Waals surface area contributed by atoms with E-state index in [1.165, 1.54) is 51.4 Å². The van der Waals surface area contributed by atoms with E-state index in [0.717, 1.165) is 54.8 Å². The van der Waals surface area contributed by atoms with Crippen LogP contribution in [0.1, 0.15) is 112 Å². The van der Waals surface area contributed by atoms with Crippen molar-refractivity contribution in [3.05, 3.63) is 11.6 Å². The van der Waals surface area contributed by atoms with E-state index < -0.39 is 6.16 Å². The second kappa shape index (κ2) is 9.94. The molecule has 0 aromatic heterocycles. The molecule has 3 fully saturated rings. The zero-order valence-electron chi connectivity index (χ0n) is 22.3. The van der Waals surface area contributed by atoms with Crippen LogP contribution in [0.15, 0.2) is 11.6 Å². The summed E-state index contributed by atoms with van der Waals surface area (Å²) in [6, 6.07) is 0. The predicted octanol–water partition coefficient (Wildman–Crippen LogP) is 8.57. The topological polar surface area (TPSA) is 35.5 Å². The normalized spacial score (nSPS) is 40.9. The van der Waals surface area contributed by atoms with Gasteiger partial charge in [0.2, 0.25) is 0 Å². The minimum Gasteiger partial charge on any atom is -0.435 e. The van der Waals surface area contributed by atoms with Crippen LogP contribution in [0.3, 0.4) is 0 Å². The van der Waals surface area contributed by atoms with Crippen LogP contribution in [0.5, 0.6) is 0 Å². The monoisotopic (exact) mass is 458 g/mol. The number of carbonyl (C=O) groups is 1. The molecule has 0 aromatic carbocycles. The van der Waals surface area contributed by atoms with Crippen molar-refractivity contribution in [2.24, 2.45) is 46.3 Å². The number of rotatable bonds is 7. The van der Waals surface area contributed by atoms with Crippen molar-refractivity contribution >= 4 is 6.16 Å². The average Bonchev–Trinajstić information content (AvgIpc) is 3.11. The maximum Gasteiger partial charge on any atom is 0.508 e. The number of allylic oxidation sites excluding steroid dienone is 1. The number of fused-ring (bicyclic) bond motifs is 5.